The molecule has 4 heteroatoms. The third-order valence-corrected chi connectivity index (χ3v) is 1.58. The van der Waals surface area contributed by atoms with Gasteiger partial charge in [-0.05, 0) is 6.42 Å². The van der Waals surface area contributed by atoms with E-state index in [2.05, 4.69) is 15.9 Å². The van der Waals surface area contributed by atoms with E-state index >= 15 is 0 Å². The van der Waals surface area contributed by atoms with E-state index in [-0.39, 0.29) is 0 Å². The zero-order chi connectivity index (χ0) is 8.36. The average Bonchev–Trinajstić information content (AvgIpc) is 2.03. The van der Waals surface area contributed by atoms with Crippen LogP contribution in [-0.4, -0.2) is 39.1 Å². The molecule has 0 aromatic heterocycles. The molecule has 68 valence electrons. The van der Waals surface area contributed by atoms with E-state index in [9.17, 15) is 0 Å². The molecule has 0 spiro atoms. The van der Waals surface area contributed by atoms with Crippen LogP contribution in [0.1, 0.15) is 6.42 Å². The van der Waals surface area contributed by atoms with Crippen molar-refractivity contribution in [2.75, 3.05) is 39.1 Å². The van der Waals surface area contributed by atoms with Crippen LogP contribution >= 0.6 is 15.9 Å². The predicted octanol–water partition coefficient (Wildman–Crippen LogP) is 1.41. The molecule has 0 aromatic carbocycles. The van der Waals surface area contributed by atoms with Gasteiger partial charge < -0.3 is 14.2 Å². The Kier molecular flexibility index (Phi) is 10.7. The van der Waals surface area contributed by atoms with Gasteiger partial charge in [-0.15, -0.1) is 0 Å². The minimum absolute atomic E-state index is 0.371. The van der Waals surface area contributed by atoms with Gasteiger partial charge in [0.2, 0.25) is 0 Å². The second kappa shape index (κ2) is 10.4. The van der Waals surface area contributed by atoms with E-state index in [1.807, 2.05) is 0 Å². The molecule has 0 unspecified atom stereocenters. The third-order valence-electron chi connectivity index (χ3n) is 1.02. The van der Waals surface area contributed by atoms with Gasteiger partial charge in [-0.1, -0.05) is 15.9 Å². The van der Waals surface area contributed by atoms with Gasteiger partial charge in [0.15, 0.2) is 0 Å². The zero-order valence-electron chi connectivity index (χ0n) is 6.85. The summed E-state index contributed by atoms with van der Waals surface area (Å²) < 4.78 is 15.0. The van der Waals surface area contributed by atoms with Gasteiger partial charge in [0.1, 0.15) is 6.79 Å². The van der Waals surface area contributed by atoms with Crippen molar-refractivity contribution < 1.29 is 14.2 Å². The van der Waals surface area contributed by atoms with Crippen molar-refractivity contribution in [1.82, 2.24) is 0 Å². The summed E-state index contributed by atoms with van der Waals surface area (Å²) in [7, 11) is 1.65. The van der Waals surface area contributed by atoms with Crippen molar-refractivity contribution in [2.24, 2.45) is 0 Å². The van der Waals surface area contributed by atoms with Crippen LogP contribution in [-0.2, 0) is 14.2 Å². The lowest BCUT2D eigenvalue weighted by atomic mass is 10.5. The second-order valence-electron chi connectivity index (χ2n) is 1.97. The maximum atomic E-state index is 5.11. The highest BCUT2D eigenvalue weighted by Gasteiger charge is 1.87. The first-order chi connectivity index (χ1) is 5.41. The van der Waals surface area contributed by atoms with Crippen molar-refractivity contribution in [2.45, 2.75) is 6.42 Å². The Morgan fingerprint density at radius 2 is 1.82 bits per heavy atom. The molecule has 0 heterocycles. The normalized spacial score (nSPS) is 10.4. The Bertz CT molecular complexity index is 62.7. The lowest BCUT2D eigenvalue weighted by molar-refractivity contribution is -0.0651. The maximum absolute atomic E-state index is 5.11. The van der Waals surface area contributed by atoms with Crippen molar-refractivity contribution in [1.29, 1.82) is 0 Å². The molecule has 0 saturated heterocycles. The Balaban J connectivity index is 2.69. The first kappa shape index (κ1) is 11.4. The van der Waals surface area contributed by atoms with Crippen LogP contribution in [0.2, 0.25) is 0 Å². The summed E-state index contributed by atoms with van der Waals surface area (Å²) in [5.41, 5.74) is 0. The van der Waals surface area contributed by atoms with Crippen LogP contribution in [0.3, 0.4) is 0 Å². The molecule has 0 amide bonds. The molecular weight excluding hydrogens is 212 g/mol. The third kappa shape index (κ3) is 10.4. The predicted molar refractivity (Wildman–Crippen MR) is 47.1 cm³/mol. The molecule has 0 saturated carbocycles. The number of methoxy groups -OCH3 is 1. The van der Waals surface area contributed by atoms with Crippen molar-refractivity contribution in [3.05, 3.63) is 0 Å². The van der Waals surface area contributed by atoms with Gasteiger partial charge in [0.25, 0.3) is 0 Å². The number of hydrogen-bond acceptors (Lipinski definition) is 3. The van der Waals surface area contributed by atoms with E-state index in [0.717, 1.165) is 18.4 Å². The SMILES string of the molecule is COCCOCOCCCBr. The fraction of sp³-hybridized carbons (Fsp3) is 1.00. The van der Waals surface area contributed by atoms with Gasteiger partial charge in [-0.2, -0.15) is 0 Å². The standard InChI is InChI=1S/C7H15BrO3/c1-9-5-6-11-7-10-4-2-3-8/h2-7H2,1H3. The van der Waals surface area contributed by atoms with Gasteiger partial charge in [0.05, 0.1) is 19.8 Å². The molecule has 0 rings (SSSR count). The highest BCUT2D eigenvalue weighted by Crippen LogP contribution is 1.88. The summed E-state index contributed by atoms with van der Waals surface area (Å²) >= 11 is 3.30. The summed E-state index contributed by atoms with van der Waals surface area (Å²) in [6, 6.07) is 0. The molecule has 0 aliphatic heterocycles. The van der Waals surface area contributed by atoms with Crippen LogP contribution in [0.15, 0.2) is 0 Å². The first-order valence-electron chi connectivity index (χ1n) is 3.62. The van der Waals surface area contributed by atoms with Crippen LogP contribution < -0.4 is 0 Å². The van der Waals surface area contributed by atoms with Crippen molar-refractivity contribution in [3.63, 3.8) is 0 Å². The monoisotopic (exact) mass is 226 g/mol. The average molecular weight is 227 g/mol. The topological polar surface area (TPSA) is 27.7 Å². The minimum atomic E-state index is 0.371. The first-order valence-corrected chi connectivity index (χ1v) is 4.74. The van der Waals surface area contributed by atoms with Gasteiger partial charge in [0, 0.05) is 12.4 Å². The lowest BCUT2D eigenvalue weighted by Crippen LogP contribution is -2.06. The Hall–Kier alpha value is 0.360. The molecule has 0 aromatic rings. The highest BCUT2D eigenvalue weighted by molar-refractivity contribution is 9.09. The van der Waals surface area contributed by atoms with Crippen LogP contribution in [0.5, 0.6) is 0 Å². The van der Waals surface area contributed by atoms with E-state index < -0.39 is 0 Å². The van der Waals surface area contributed by atoms with E-state index in [4.69, 9.17) is 14.2 Å². The second-order valence-corrected chi connectivity index (χ2v) is 2.76. The van der Waals surface area contributed by atoms with Gasteiger partial charge in [-0.25, -0.2) is 0 Å². The number of halogens is 1. The fourth-order valence-corrected chi connectivity index (χ4v) is 0.705. The largest absolute Gasteiger partial charge is 0.382 e. The number of alkyl halides is 1. The molecule has 0 aliphatic carbocycles. The van der Waals surface area contributed by atoms with Gasteiger partial charge in [-0.3, -0.25) is 0 Å². The minimum Gasteiger partial charge on any atom is -0.382 e. The molecule has 0 radical (unpaired) electrons. The quantitative estimate of drug-likeness (QED) is 0.356. The number of rotatable bonds is 8. The fourth-order valence-electron chi connectivity index (χ4n) is 0.476. The Morgan fingerprint density at radius 1 is 1.09 bits per heavy atom. The molecule has 3 nitrogen and oxygen atoms in total. The maximum Gasteiger partial charge on any atom is 0.146 e. The van der Waals surface area contributed by atoms with E-state index in [1.54, 1.807) is 7.11 Å². The Morgan fingerprint density at radius 3 is 2.45 bits per heavy atom. The van der Waals surface area contributed by atoms with Crippen LogP contribution in [0, 0.1) is 0 Å². The molecule has 0 fully saturated rings. The van der Waals surface area contributed by atoms with Crippen LogP contribution in [0.4, 0.5) is 0 Å². The number of hydrogen-bond donors (Lipinski definition) is 0. The lowest BCUT2D eigenvalue weighted by Gasteiger charge is -2.03. The van der Waals surface area contributed by atoms with Crippen molar-refractivity contribution >= 4 is 15.9 Å². The molecule has 0 N–H and O–H groups in total. The summed E-state index contributed by atoms with van der Waals surface area (Å²) in [5, 5.41) is 0.977. The number of ether oxygens (including phenoxy) is 3. The molecule has 0 aliphatic rings. The summed E-state index contributed by atoms with van der Waals surface area (Å²) in [4.78, 5) is 0. The van der Waals surface area contributed by atoms with Crippen LogP contribution in [0.25, 0.3) is 0 Å². The molecule has 0 atom stereocenters. The van der Waals surface area contributed by atoms with Gasteiger partial charge >= 0.3 is 0 Å². The van der Waals surface area contributed by atoms with E-state index in [0.29, 0.717) is 20.0 Å². The molecule has 0 bridgehead atoms. The zero-order valence-corrected chi connectivity index (χ0v) is 8.43. The summed E-state index contributed by atoms with van der Waals surface area (Å²) in [5.74, 6) is 0. The van der Waals surface area contributed by atoms with E-state index in [1.165, 1.54) is 0 Å². The molecule has 11 heavy (non-hydrogen) atoms. The Labute approximate surface area is 76.1 Å². The summed E-state index contributed by atoms with van der Waals surface area (Å²) in [6.07, 6.45) is 1.02. The smallest absolute Gasteiger partial charge is 0.146 e. The van der Waals surface area contributed by atoms with Crippen molar-refractivity contribution in [3.8, 4) is 0 Å². The molecular formula is C7H15BrO3. The highest BCUT2D eigenvalue weighted by atomic mass is 79.9. The summed E-state index contributed by atoms with van der Waals surface area (Å²) in [6.45, 7) is 2.35.